The Morgan fingerprint density at radius 1 is 1.09 bits per heavy atom. The molecule has 0 unspecified atom stereocenters. The van der Waals surface area contributed by atoms with Gasteiger partial charge in [-0.1, -0.05) is 12.6 Å². The molecule has 35 heavy (non-hydrogen) atoms. The number of piperazine rings is 1. The third-order valence-electron chi connectivity index (χ3n) is 5.85. The first kappa shape index (κ1) is 24.0. The monoisotopic (exact) mass is 473 g/mol. The smallest absolute Gasteiger partial charge is 0.247 e. The van der Waals surface area contributed by atoms with E-state index in [4.69, 9.17) is 4.74 Å². The average molecular weight is 474 g/mol. The van der Waals surface area contributed by atoms with Crippen LogP contribution in [0.2, 0.25) is 0 Å². The quantitative estimate of drug-likeness (QED) is 0.420. The van der Waals surface area contributed by atoms with E-state index in [2.05, 4.69) is 55.4 Å². The highest BCUT2D eigenvalue weighted by Gasteiger charge is 2.16. The summed E-state index contributed by atoms with van der Waals surface area (Å²) in [4.78, 5) is 25.4. The molecule has 9 heteroatoms. The van der Waals surface area contributed by atoms with Gasteiger partial charge in [0, 0.05) is 61.1 Å². The maximum atomic E-state index is 11.6. The van der Waals surface area contributed by atoms with Crippen LogP contribution in [-0.4, -0.2) is 61.1 Å². The molecule has 2 aromatic carbocycles. The van der Waals surface area contributed by atoms with Gasteiger partial charge in [-0.05, 0) is 50.4 Å². The highest BCUT2D eigenvalue weighted by Crippen LogP contribution is 2.32. The highest BCUT2D eigenvalue weighted by atomic mass is 16.5. The normalized spacial score (nSPS) is 13.7. The lowest BCUT2D eigenvalue weighted by atomic mass is 10.2. The van der Waals surface area contributed by atoms with Gasteiger partial charge in [-0.3, -0.25) is 4.79 Å². The molecule has 4 rings (SSSR count). The summed E-state index contributed by atoms with van der Waals surface area (Å²) in [5, 5.41) is 9.34. The summed E-state index contributed by atoms with van der Waals surface area (Å²) in [7, 11) is 3.81. The van der Waals surface area contributed by atoms with Gasteiger partial charge in [0.25, 0.3) is 0 Å². The van der Waals surface area contributed by atoms with E-state index in [9.17, 15) is 4.79 Å². The van der Waals surface area contributed by atoms with Crippen LogP contribution in [0.25, 0.3) is 0 Å². The molecule has 1 saturated heterocycles. The predicted octanol–water partition coefficient (Wildman–Crippen LogP) is 4.16. The molecule has 1 fully saturated rings. The number of aromatic nitrogens is 2. The van der Waals surface area contributed by atoms with Crippen LogP contribution < -0.4 is 25.6 Å². The van der Waals surface area contributed by atoms with Gasteiger partial charge in [-0.15, -0.1) is 0 Å². The lowest BCUT2D eigenvalue weighted by Gasteiger charge is -2.34. The summed E-state index contributed by atoms with van der Waals surface area (Å²) < 4.78 is 5.66. The van der Waals surface area contributed by atoms with E-state index in [0.717, 1.165) is 54.6 Å². The number of rotatable bonds is 8. The Kier molecular flexibility index (Phi) is 7.47. The van der Waals surface area contributed by atoms with Crippen molar-refractivity contribution in [3.63, 3.8) is 0 Å². The number of anilines is 6. The maximum Gasteiger partial charge on any atom is 0.247 e. The molecule has 0 bridgehead atoms. The molecule has 1 aliphatic heterocycles. The summed E-state index contributed by atoms with van der Waals surface area (Å²) in [6, 6.07) is 13.5. The molecule has 9 nitrogen and oxygen atoms in total. The van der Waals surface area contributed by atoms with Gasteiger partial charge in [-0.25, -0.2) is 4.98 Å². The number of benzene rings is 2. The number of methoxy groups -OCH3 is 1. The van der Waals surface area contributed by atoms with Crippen LogP contribution in [0.5, 0.6) is 5.75 Å². The number of hydrogen-bond acceptors (Lipinski definition) is 8. The summed E-state index contributed by atoms with van der Waals surface area (Å²) >= 11 is 0. The molecule has 2 heterocycles. The Labute approximate surface area is 205 Å². The zero-order valence-corrected chi connectivity index (χ0v) is 20.3. The minimum absolute atomic E-state index is 0.264. The Bertz CT molecular complexity index is 1210. The number of ether oxygens (including phenoxy) is 1. The van der Waals surface area contributed by atoms with Crippen LogP contribution in [-0.2, 0) is 4.79 Å². The molecule has 0 radical (unpaired) electrons. The summed E-state index contributed by atoms with van der Waals surface area (Å²) in [6.07, 6.45) is 2.99. The van der Waals surface area contributed by atoms with Crippen molar-refractivity contribution in [1.29, 1.82) is 0 Å². The standard InChI is InChI=1S/C26H31N7O2/c1-5-24(34)28-19-7-6-8-20(15-19)29-25-18(2)17-27-26(31-25)30-22-10-9-21(16-23(22)35-4)33-13-11-32(3)12-14-33/h5-10,15-17H,1,11-14H2,2-4H3,(H,28,34)(H2,27,29,30,31). The third kappa shape index (κ3) is 6.07. The second-order valence-corrected chi connectivity index (χ2v) is 8.42. The first-order chi connectivity index (χ1) is 16.9. The van der Waals surface area contributed by atoms with Crippen LogP contribution in [0, 0.1) is 6.92 Å². The SMILES string of the molecule is C=CC(=O)Nc1cccc(Nc2nc(Nc3ccc(N4CCN(C)CC4)cc3OC)ncc2C)c1. The fourth-order valence-electron chi connectivity index (χ4n) is 3.80. The number of likely N-dealkylation sites (N-methyl/N-ethyl adjacent to an activating group) is 1. The number of amides is 1. The topological polar surface area (TPSA) is 94.6 Å². The van der Waals surface area contributed by atoms with Crippen molar-refractivity contribution in [2.45, 2.75) is 6.92 Å². The van der Waals surface area contributed by atoms with Crippen LogP contribution in [0.15, 0.2) is 61.3 Å². The van der Waals surface area contributed by atoms with Crippen molar-refractivity contribution in [1.82, 2.24) is 14.9 Å². The van der Waals surface area contributed by atoms with E-state index in [1.807, 2.05) is 43.3 Å². The van der Waals surface area contributed by atoms with Gasteiger partial charge in [0.15, 0.2) is 0 Å². The number of nitrogens with zero attached hydrogens (tertiary/aromatic N) is 4. The Morgan fingerprint density at radius 2 is 1.86 bits per heavy atom. The minimum Gasteiger partial charge on any atom is -0.494 e. The number of hydrogen-bond donors (Lipinski definition) is 3. The Morgan fingerprint density at radius 3 is 2.60 bits per heavy atom. The maximum absolute atomic E-state index is 11.6. The molecule has 182 valence electrons. The van der Waals surface area contributed by atoms with Crippen LogP contribution in [0.1, 0.15) is 5.56 Å². The van der Waals surface area contributed by atoms with Gasteiger partial charge in [0.05, 0.1) is 12.8 Å². The first-order valence-corrected chi connectivity index (χ1v) is 11.5. The average Bonchev–Trinajstić information content (AvgIpc) is 2.87. The van der Waals surface area contributed by atoms with Gasteiger partial charge in [0.1, 0.15) is 11.6 Å². The van der Waals surface area contributed by atoms with Gasteiger partial charge in [-0.2, -0.15) is 4.98 Å². The number of carbonyl (C=O) groups excluding carboxylic acids is 1. The lowest BCUT2D eigenvalue weighted by molar-refractivity contribution is -0.111. The second kappa shape index (κ2) is 10.9. The highest BCUT2D eigenvalue weighted by molar-refractivity contribution is 5.99. The van der Waals surface area contributed by atoms with Crippen molar-refractivity contribution in [2.75, 3.05) is 61.2 Å². The lowest BCUT2D eigenvalue weighted by Crippen LogP contribution is -2.44. The van der Waals surface area contributed by atoms with Crippen molar-refractivity contribution in [3.05, 3.63) is 66.9 Å². The molecule has 1 aromatic heterocycles. The Balaban J connectivity index is 1.50. The van der Waals surface area contributed by atoms with E-state index in [0.29, 0.717) is 17.5 Å². The zero-order valence-electron chi connectivity index (χ0n) is 20.3. The van der Waals surface area contributed by atoms with Gasteiger partial charge >= 0.3 is 0 Å². The molecule has 1 amide bonds. The first-order valence-electron chi connectivity index (χ1n) is 11.5. The van der Waals surface area contributed by atoms with E-state index >= 15 is 0 Å². The molecule has 3 aromatic rings. The van der Waals surface area contributed by atoms with Crippen molar-refractivity contribution < 1.29 is 9.53 Å². The Hall–Kier alpha value is -4.11. The van der Waals surface area contributed by atoms with Gasteiger partial charge in [0.2, 0.25) is 11.9 Å². The van der Waals surface area contributed by atoms with Crippen LogP contribution >= 0.6 is 0 Å². The molecule has 1 aliphatic rings. The van der Waals surface area contributed by atoms with Crippen molar-refractivity contribution in [2.24, 2.45) is 0 Å². The third-order valence-corrected chi connectivity index (χ3v) is 5.85. The van der Waals surface area contributed by atoms with E-state index < -0.39 is 0 Å². The van der Waals surface area contributed by atoms with Gasteiger partial charge < -0.3 is 30.5 Å². The fourth-order valence-corrected chi connectivity index (χ4v) is 3.80. The number of carbonyl (C=O) groups is 1. The zero-order chi connectivity index (χ0) is 24.8. The summed E-state index contributed by atoms with van der Waals surface area (Å²) in [5.41, 5.74) is 4.25. The molecular weight excluding hydrogens is 442 g/mol. The van der Waals surface area contributed by atoms with E-state index in [1.165, 1.54) is 6.08 Å². The number of nitrogens with one attached hydrogen (secondary N) is 3. The van der Waals surface area contributed by atoms with Crippen molar-refractivity contribution >= 4 is 40.4 Å². The largest absolute Gasteiger partial charge is 0.494 e. The summed E-state index contributed by atoms with van der Waals surface area (Å²) in [6.45, 7) is 9.47. The van der Waals surface area contributed by atoms with Crippen molar-refractivity contribution in [3.8, 4) is 5.75 Å². The fraction of sp³-hybridized carbons (Fsp3) is 0.269. The molecule has 3 N–H and O–H groups in total. The van der Waals surface area contributed by atoms with E-state index in [-0.39, 0.29) is 5.91 Å². The molecule has 0 aliphatic carbocycles. The molecular formula is C26H31N7O2. The molecule has 0 saturated carbocycles. The summed E-state index contributed by atoms with van der Waals surface area (Å²) in [5.74, 6) is 1.56. The minimum atomic E-state index is -0.264. The van der Waals surface area contributed by atoms with Crippen LogP contribution in [0.3, 0.4) is 0 Å². The van der Waals surface area contributed by atoms with E-state index in [1.54, 1.807) is 13.3 Å². The predicted molar refractivity (Wildman–Crippen MR) is 141 cm³/mol. The van der Waals surface area contributed by atoms with Crippen LogP contribution in [0.4, 0.5) is 34.5 Å². The molecule has 0 atom stereocenters. The molecule has 0 spiro atoms. The second-order valence-electron chi connectivity index (χ2n) is 8.42. The number of aryl methyl sites for hydroxylation is 1.